The molecular formula is C11H18O3. The van der Waals surface area contributed by atoms with Gasteiger partial charge >= 0.3 is 5.97 Å². The Morgan fingerprint density at radius 3 is 2.71 bits per heavy atom. The summed E-state index contributed by atoms with van der Waals surface area (Å²) in [5, 5.41) is 0. The summed E-state index contributed by atoms with van der Waals surface area (Å²) in [6.07, 6.45) is 3.45. The van der Waals surface area contributed by atoms with Gasteiger partial charge in [0.1, 0.15) is 0 Å². The van der Waals surface area contributed by atoms with Crippen LogP contribution in [-0.2, 0) is 14.3 Å². The Bertz CT molecular complexity index is 205. The van der Waals surface area contributed by atoms with E-state index in [0.29, 0.717) is 12.3 Å². The molecule has 1 fully saturated rings. The predicted octanol–water partition coefficient (Wildman–Crippen LogP) is 1.92. The predicted molar refractivity (Wildman–Crippen MR) is 53.9 cm³/mol. The molecule has 0 amide bonds. The molecule has 1 saturated heterocycles. The summed E-state index contributed by atoms with van der Waals surface area (Å²) in [5.41, 5.74) is 0.976. The molecule has 1 aliphatic heterocycles. The largest absolute Gasteiger partial charge is 0.469 e. The Morgan fingerprint density at radius 1 is 1.50 bits per heavy atom. The molecule has 0 aromatic carbocycles. The van der Waals surface area contributed by atoms with E-state index in [-0.39, 0.29) is 5.97 Å². The second-order valence-electron chi connectivity index (χ2n) is 3.76. The number of hydrogen-bond donors (Lipinski definition) is 0. The molecule has 1 rings (SSSR count). The van der Waals surface area contributed by atoms with Crippen LogP contribution in [0.3, 0.4) is 0 Å². The van der Waals surface area contributed by atoms with Gasteiger partial charge in [0.15, 0.2) is 0 Å². The second kappa shape index (κ2) is 5.81. The first-order chi connectivity index (χ1) is 6.72. The highest BCUT2D eigenvalue weighted by Crippen LogP contribution is 2.23. The van der Waals surface area contributed by atoms with E-state index in [9.17, 15) is 4.79 Å². The van der Waals surface area contributed by atoms with Crippen molar-refractivity contribution in [3.05, 3.63) is 12.2 Å². The van der Waals surface area contributed by atoms with Crippen LogP contribution in [0.25, 0.3) is 0 Å². The van der Waals surface area contributed by atoms with E-state index in [1.54, 1.807) is 0 Å². The molecule has 3 nitrogen and oxygen atoms in total. The molecule has 0 aromatic rings. The maximum Gasteiger partial charge on any atom is 0.309 e. The molecule has 3 heteroatoms. The Morgan fingerprint density at radius 2 is 2.14 bits per heavy atom. The lowest BCUT2D eigenvalue weighted by Crippen LogP contribution is -2.16. The molecular weight excluding hydrogens is 180 g/mol. The van der Waals surface area contributed by atoms with Gasteiger partial charge in [0.2, 0.25) is 0 Å². The molecule has 0 aliphatic carbocycles. The molecule has 14 heavy (non-hydrogen) atoms. The van der Waals surface area contributed by atoms with E-state index in [1.165, 1.54) is 7.11 Å². The third-order valence-corrected chi connectivity index (χ3v) is 2.54. The fourth-order valence-electron chi connectivity index (χ4n) is 1.71. The summed E-state index contributed by atoms with van der Waals surface area (Å²) >= 11 is 0. The molecule has 80 valence electrons. The zero-order valence-electron chi connectivity index (χ0n) is 8.75. The third-order valence-electron chi connectivity index (χ3n) is 2.54. The standard InChI is InChI=1S/C11H18O3/c1-9(8-11(12)13-2)7-10-3-5-14-6-4-10/h10H,1,3-8H2,2H3. The van der Waals surface area contributed by atoms with E-state index >= 15 is 0 Å². The number of esters is 1. The lowest BCUT2D eigenvalue weighted by atomic mass is 9.92. The minimum absolute atomic E-state index is 0.193. The van der Waals surface area contributed by atoms with Gasteiger partial charge in [-0.05, 0) is 25.2 Å². The van der Waals surface area contributed by atoms with Crippen molar-refractivity contribution in [2.24, 2.45) is 5.92 Å². The second-order valence-corrected chi connectivity index (χ2v) is 3.76. The van der Waals surface area contributed by atoms with Gasteiger partial charge in [0.25, 0.3) is 0 Å². The van der Waals surface area contributed by atoms with Gasteiger partial charge in [-0.1, -0.05) is 12.2 Å². The summed E-state index contributed by atoms with van der Waals surface area (Å²) in [4.78, 5) is 11.0. The number of rotatable bonds is 4. The first kappa shape index (κ1) is 11.2. The minimum Gasteiger partial charge on any atom is -0.469 e. The highest BCUT2D eigenvalue weighted by Gasteiger charge is 2.15. The minimum atomic E-state index is -0.193. The summed E-state index contributed by atoms with van der Waals surface area (Å²) in [6.45, 7) is 5.58. The average molecular weight is 198 g/mol. The van der Waals surface area contributed by atoms with Gasteiger partial charge in [-0.3, -0.25) is 4.79 Å². The quantitative estimate of drug-likeness (QED) is 0.511. The van der Waals surface area contributed by atoms with Gasteiger partial charge < -0.3 is 9.47 Å². The van der Waals surface area contributed by atoms with Crippen LogP contribution in [0.5, 0.6) is 0 Å². The molecule has 0 bridgehead atoms. The lowest BCUT2D eigenvalue weighted by Gasteiger charge is -2.22. The van der Waals surface area contributed by atoms with Crippen molar-refractivity contribution in [2.45, 2.75) is 25.7 Å². The van der Waals surface area contributed by atoms with E-state index in [4.69, 9.17) is 4.74 Å². The van der Waals surface area contributed by atoms with Crippen LogP contribution < -0.4 is 0 Å². The topological polar surface area (TPSA) is 35.5 Å². The Balaban J connectivity index is 2.21. The Labute approximate surface area is 85.1 Å². The average Bonchev–Trinajstić information content (AvgIpc) is 2.19. The Kier molecular flexibility index (Phi) is 4.66. The normalized spacial score (nSPS) is 17.8. The maximum atomic E-state index is 11.0. The van der Waals surface area contributed by atoms with E-state index in [1.807, 2.05) is 0 Å². The number of carbonyl (C=O) groups excluding carboxylic acids is 1. The summed E-state index contributed by atoms with van der Waals surface area (Å²) in [7, 11) is 1.41. The molecule has 0 radical (unpaired) electrons. The van der Waals surface area contributed by atoms with Gasteiger partial charge in [-0.2, -0.15) is 0 Å². The molecule has 0 spiro atoms. The van der Waals surface area contributed by atoms with Crippen molar-refractivity contribution in [3.8, 4) is 0 Å². The summed E-state index contributed by atoms with van der Waals surface area (Å²) < 4.78 is 9.85. The van der Waals surface area contributed by atoms with Crippen LogP contribution in [0.15, 0.2) is 12.2 Å². The highest BCUT2D eigenvalue weighted by molar-refractivity contribution is 5.72. The molecule has 0 saturated carbocycles. The number of hydrogen-bond acceptors (Lipinski definition) is 3. The van der Waals surface area contributed by atoms with Crippen molar-refractivity contribution in [1.29, 1.82) is 0 Å². The monoisotopic (exact) mass is 198 g/mol. The molecule has 1 aliphatic rings. The molecule has 0 atom stereocenters. The van der Waals surface area contributed by atoms with Crippen LogP contribution >= 0.6 is 0 Å². The van der Waals surface area contributed by atoms with Crippen molar-refractivity contribution >= 4 is 5.97 Å². The summed E-state index contributed by atoms with van der Waals surface area (Å²) in [6, 6.07) is 0. The van der Waals surface area contributed by atoms with Crippen molar-refractivity contribution < 1.29 is 14.3 Å². The molecule has 1 heterocycles. The smallest absolute Gasteiger partial charge is 0.309 e. The number of carbonyl (C=O) groups is 1. The number of methoxy groups -OCH3 is 1. The molecule has 0 unspecified atom stereocenters. The van der Waals surface area contributed by atoms with Gasteiger partial charge in [-0.25, -0.2) is 0 Å². The highest BCUT2D eigenvalue weighted by atomic mass is 16.5. The van der Waals surface area contributed by atoms with E-state index in [2.05, 4.69) is 11.3 Å². The maximum absolute atomic E-state index is 11.0. The van der Waals surface area contributed by atoms with Gasteiger partial charge in [0, 0.05) is 13.2 Å². The van der Waals surface area contributed by atoms with E-state index < -0.39 is 0 Å². The third kappa shape index (κ3) is 3.92. The van der Waals surface area contributed by atoms with Gasteiger partial charge in [-0.15, -0.1) is 0 Å². The fraction of sp³-hybridized carbons (Fsp3) is 0.727. The van der Waals surface area contributed by atoms with Crippen molar-refractivity contribution in [3.63, 3.8) is 0 Å². The van der Waals surface area contributed by atoms with E-state index in [0.717, 1.165) is 38.0 Å². The lowest BCUT2D eigenvalue weighted by molar-refractivity contribution is -0.139. The molecule has 0 N–H and O–H groups in total. The van der Waals surface area contributed by atoms with Crippen LogP contribution in [0, 0.1) is 5.92 Å². The van der Waals surface area contributed by atoms with Crippen LogP contribution in [0.2, 0.25) is 0 Å². The molecule has 0 aromatic heterocycles. The zero-order valence-corrected chi connectivity index (χ0v) is 8.75. The first-order valence-electron chi connectivity index (χ1n) is 5.03. The van der Waals surface area contributed by atoms with Crippen LogP contribution in [0.4, 0.5) is 0 Å². The fourth-order valence-corrected chi connectivity index (χ4v) is 1.71. The zero-order chi connectivity index (χ0) is 10.4. The first-order valence-corrected chi connectivity index (χ1v) is 5.03. The SMILES string of the molecule is C=C(CC(=O)OC)CC1CCOCC1. The van der Waals surface area contributed by atoms with Crippen molar-refractivity contribution in [2.75, 3.05) is 20.3 Å². The van der Waals surface area contributed by atoms with Crippen molar-refractivity contribution in [1.82, 2.24) is 0 Å². The van der Waals surface area contributed by atoms with Crippen LogP contribution in [-0.4, -0.2) is 26.3 Å². The van der Waals surface area contributed by atoms with Gasteiger partial charge in [0.05, 0.1) is 13.5 Å². The number of ether oxygens (including phenoxy) is 2. The Hall–Kier alpha value is -0.830. The summed E-state index contributed by atoms with van der Waals surface area (Å²) in [5.74, 6) is 0.447. The van der Waals surface area contributed by atoms with Crippen LogP contribution in [0.1, 0.15) is 25.7 Å².